The lowest BCUT2D eigenvalue weighted by molar-refractivity contribution is -0.117. The van der Waals surface area contributed by atoms with Gasteiger partial charge in [-0.25, -0.2) is 9.80 Å². The molecular weight excluding hydrogens is 455 g/mol. The van der Waals surface area contributed by atoms with Crippen molar-refractivity contribution in [2.45, 2.75) is 6.92 Å². The van der Waals surface area contributed by atoms with E-state index in [1.807, 2.05) is 0 Å². The quantitative estimate of drug-likeness (QED) is 0.325. The Bertz CT molecular complexity index is 1260. The second-order valence-electron chi connectivity index (χ2n) is 6.74. The van der Waals surface area contributed by atoms with Gasteiger partial charge in [-0.1, -0.05) is 29.3 Å². The molecule has 0 spiro atoms. The van der Waals surface area contributed by atoms with Crippen molar-refractivity contribution in [2.24, 2.45) is 0 Å². The molecule has 2 amide bonds. The van der Waals surface area contributed by atoms with Crippen molar-refractivity contribution >= 4 is 52.7 Å². The number of hydrogen-bond donors (Lipinski definition) is 1. The lowest BCUT2D eigenvalue weighted by Crippen LogP contribution is -2.35. The Morgan fingerprint density at radius 2 is 1.94 bits per heavy atom. The maximum atomic E-state index is 12.8. The number of benzene rings is 2. The van der Waals surface area contributed by atoms with Crippen molar-refractivity contribution < 1.29 is 23.5 Å². The van der Waals surface area contributed by atoms with E-state index < -0.39 is 17.8 Å². The maximum absolute atomic E-state index is 12.8. The molecule has 3 aromatic rings. The minimum absolute atomic E-state index is 0.0887. The number of rotatable bonds is 5. The van der Waals surface area contributed by atoms with E-state index in [4.69, 9.17) is 32.4 Å². The van der Waals surface area contributed by atoms with E-state index in [1.54, 1.807) is 61.5 Å². The third kappa shape index (κ3) is 4.26. The molecule has 0 bridgehead atoms. The van der Waals surface area contributed by atoms with Crippen LogP contribution in [0.5, 0.6) is 0 Å². The first-order valence-electron chi connectivity index (χ1n) is 9.57. The third-order valence-corrected chi connectivity index (χ3v) is 5.18. The molecule has 32 heavy (non-hydrogen) atoms. The predicted octanol–water partition coefficient (Wildman–Crippen LogP) is 4.89. The summed E-state index contributed by atoms with van der Waals surface area (Å²) < 4.78 is 10.8. The van der Waals surface area contributed by atoms with Gasteiger partial charge in [0.1, 0.15) is 17.1 Å². The summed E-state index contributed by atoms with van der Waals surface area (Å²) in [6, 6.07) is 14.7. The monoisotopic (exact) mass is 470 g/mol. The van der Waals surface area contributed by atoms with Gasteiger partial charge in [-0.15, -0.1) is 0 Å². The predicted molar refractivity (Wildman–Crippen MR) is 120 cm³/mol. The van der Waals surface area contributed by atoms with Crippen LogP contribution in [0.4, 0.5) is 5.69 Å². The van der Waals surface area contributed by atoms with E-state index in [0.717, 1.165) is 5.01 Å². The number of ether oxygens (including phenoxy) is 1. The Balaban J connectivity index is 1.60. The highest BCUT2D eigenvalue weighted by Crippen LogP contribution is 2.29. The number of furan rings is 1. The van der Waals surface area contributed by atoms with E-state index in [2.05, 4.69) is 5.43 Å². The molecule has 2 aromatic carbocycles. The lowest BCUT2D eigenvalue weighted by atomic mass is 10.1. The van der Waals surface area contributed by atoms with Crippen LogP contribution < -0.4 is 10.4 Å². The Morgan fingerprint density at radius 3 is 2.69 bits per heavy atom. The number of halogens is 2. The number of esters is 1. The van der Waals surface area contributed by atoms with Crippen LogP contribution in [-0.4, -0.2) is 24.4 Å². The molecule has 1 saturated heterocycles. The van der Waals surface area contributed by atoms with Crippen molar-refractivity contribution in [3.63, 3.8) is 0 Å². The third-order valence-electron chi connectivity index (χ3n) is 4.62. The Morgan fingerprint density at radius 1 is 1.12 bits per heavy atom. The SMILES string of the molecule is CCOC(=O)c1cc(-c2ccc(/C=C3\C(=O)NN(c4cccc(Cl)c4)C3=O)o2)ccc1Cl. The number of carbonyl (C=O) groups excluding carboxylic acids is 3. The molecule has 0 unspecified atom stereocenters. The fourth-order valence-electron chi connectivity index (χ4n) is 3.13. The van der Waals surface area contributed by atoms with Crippen molar-refractivity contribution in [3.8, 4) is 11.3 Å². The zero-order chi connectivity index (χ0) is 22.8. The topological polar surface area (TPSA) is 88.9 Å². The van der Waals surface area contributed by atoms with E-state index >= 15 is 0 Å². The fraction of sp³-hybridized carbons (Fsp3) is 0.0870. The van der Waals surface area contributed by atoms with E-state index in [-0.39, 0.29) is 22.8 Å². The number of hydrogen-bond acceptors (Lipinski definition) is 5. The molecule has 7 nitrogen and oxygen atoms in total. The van der Waals surface area contributed by atoms with Gasteiger partial charge in [0.2, 0.25) is 0 Å². The molecule has 1 aliphatic rings. The molecule has 0 atom stereocenters. The second kappa shape index (κ2) is 8.90. The van der Waals surface area contributed by atoms with E-state index in [0.29, 0.717) is 27.8 Å². The number of amides is 2. The number of hydrazine groups is 1. The number of anilines is 1. The molecule has 0 radical (unpaired) electrons. The summed E-state index contributed by atoms with van der Waals surface area (Å²) in [5, 5.41) is 1.81. The van der Waals surface area contributed by atoms with Gasteiger partial charge in [-0.2, -0.15) is 0 Å². The molecule has 9 heteroatoms. The van der Waals surface area contributed by atoms with Crippen LogP contribution in [0.3, 0.4) is 0 Å². The van der Waals surface area contributed by atoms with Crippen LogP contribution in [0.1, 0.15) is 23.0 Å². The first-order valence-corrected chi connectivity index (χ1v) is 10.3. The van der Waals surface area contributed by atoms with Crippen LogP contribution in [0, 0.1) is 0 Å². The molecule has 1 aliphatic heterocycles. The maximum Gasteiger partial charge on any atom is 0.339 e. The molecule has 4 rings (SSSR count). The zero-order valence-electron chi connectivity index (χ0n) is 16.7. The summed E-state index contributed by atoms with van der Waals surface area (Å²) in [7, 11) is 0. The van der Waals surface area contributed by atoms with Gasteiger partial charge in [0.15, 0.2) is 0 Å². The molecule has 0 aliphatic carbocycles. The van der Waals surface area contributed by atoms with Crippen molar-refractivity contribution in [1.29, 1.82) is 0 Å². The Kier molecular flexibility index (Phi) is 6.03. The Labute approximate surface area is 193 Å². The molecular formula is C23H16Cl2N2O5. The molecule has 1 aromatic heterocycles. The summed E-state index contributed by atoms with van der Waals surface area (Å²) >= 11 is 12.1. The van der Waals surface area contributed by atoms with Gasteiger partial charge >= 0.3 is 5.97 Å². The van der Waals surface area contributed by atoms with E-state index in [1.165, 1.54) is 6.08 Å². The van der Waals surface area contributed by atoms with Gasteiger partial charge in [-0.05, 0) is 61.5 Å². The minimum Gasteiger partial charge on any atom is -0.462 e. The molecule has 1 N–H and O–H groups in total. The highest BCUT2D eigenvalue weighted by atomic mass is 35.5. The van der Waals surface area contributed by atoms with Gasteiger partial charge in [0.05, 0.1) is 22.9 Å². The van der Waals surface area contributed by atoms with Crippen LogP contribution in [-0.2, 0) is 14.3 Å². The highest BCUT2D eigenvalue weighted by Gasteiger charge is 2.34. The standard InChI is InChI=1S/C23H16Cl2N2O5/c1-2-31-23(30)17-10-13(6-8-19(17)25)20-9-7-16(32-20)12-18-21(28)26-27(22(18)29)15-5-3-4-14(24)11-15/h3-12H,2H2,1H3,(H,26,28)/b18-12+. The number of nitrogens with zero attached hydrogens (tertiary/aromatic N) is 1. The lowest BCUT2D eigenvalue weighted by Gasteiger charge is -2.14. The van der Waals surface area contributed by atoms with Crippen LogP contribution in [0.25, 0.3) is 17.4 Å². The molecule has 0 saturated carbocycles. The van der Waals surface area contributed by atoms with Gasteiger partial charge in [-0.3, -0.25) is 15.0 Å². The van der Waals surface area contributed by atoms with Gasteiger partial charge in [0, 0.05) is 10.6 Å². The molecule has 162 valence electrons. The average Bonchev–Trinajstić information content (AvgIpc) is 3.34. The molecule has 2 heterocycles. The summed E-state index contributed by atoms with van der Waals surface area (Å²) in [4.78, 5) is 37.2. The highest BCUT2D eigenvalue weighted by molar-refractivity contribution is 6.34. The first-order chi connectivity index (χ1) is 15.4. The van der Waals surface area contributed by atoms with Crippen LogP contribution >= 0.6 is 23.2 Å². The minimum atomic E-state index is -0.566. The summed E-state index contributed by atoms with van der Waals surface area (Å²) in [5.74, 6) is -0.923. The summed E-state index contributed by atoms with van der Waals surface area (Å²) in [5.41, 5.74) is 3.65. The Hall–Kier alpha value is -3.55. The van der Waals surface area contributed by atoms with E-state index in [9.17, 15) is 14.4 Å². The second-order valence-corrected chi connectivity index (χ2v) is 7.58. The van der Waals surface area contributed by atoms with Crippen molar-refractivity contribution in [1.82, 2.24) is 5.43 Å². The normalized spacial score (nSPS) is 14.7. The van der Waals surface area contributed by atoms with Gasteiger partial charge in [0.25, 0.3) is 11.8 Å². The first kappa shape index (κ1) is 21.7. The summed E-state index contributed by atoms with van der Waals surface area (Å²) in [6.07, 6.45) is 1.36. The smallest absolute Gasteiger partial charge is 0.339 e. The average molecular weight is 471 g/mol. The number of carbonyl (C=O) groups is 3. The van der Waals surface area contributed by atoms with Crippen molar-refractivity contribution in [3.05, 3.63) is 81.5 Å². The summed E-state index contributed by atoms with van der Waals surface area (Å²) in [6.45, 7) is 1.93. The molecule has 1 fully saturated rings. The zero-order valence-corrected chi connectivity index (χ0v) is 18.2. The van der Waals surface area contributed by atoms with Crippen molar-refractivity contribution in [2.75, 3.05) is 11.6 Å². The largest absolute Gasteiger partial charge is 0.462 e. The van der Waals surface area contributed by atoms with Crippen LogP contribution in [0.2, 0.25) is 10.0 Å². The van der Waals surface area contributed by atoms with Crippen LogP contribution in [0.15, 0.2) is 64.6 Å². The number of nitrogens with one attached hydrogen (secondary N) is 1. The fourth-order valence-corrected chi connectivity index (χ4v) is 3.51. The van der Waals surface area contributed by atoms with Gasteiger partial charge < -0.3 is 9.15 Å².